The average molecular weight is 288 g/mol. The fraction of sp³-hybridized carbons (Fsp3) is 0.500. The van der Waals surface area contributed by atoms with Gasteiger partial charge in [0.25, 0.3) is 0 Å². The zero-order valence-electron chi connectivity index (χ0n) is 12.5. The van der Waals surface area contributed by atoms with Gasteiger partial charge in [-0.3, -0.25) is 0 Å². The molecule has 112 valence electrons. The van der Waals surface area contributed by atoms with Crippen molar-refractivity contribution in [3.05, 3.63) is 36.7 Å². The minimum absolute atomic E-state index is 0.290. The van der Waals surface area contributed by atoms with E-state index in [1.165, 1.54) is 30.2 Å². The molecular formula is C16H21FN4. The SMILES string of the molecule is CC1CCC(C)C(Nc2ccc(-n3cncn3)c(F)c2)C1. The molecule has 5 heteroatoms. The maximum atomic E-state index is 14.2. The van der Waals surface area contributed by atoms with Crippen LogP contribution >= 0.6 is 0 Å². The molecule has 1 aromatic carbocycles. The number of nitrogens with zero attached hydrogens (tertiary/aromatic N) is 3. The van der Waals surface area contributed by atoms with Crippen LogP contribution in [0.3, 0.4) is 0 Å². The summed E-state index contributed by atoms with van der Waals surface area (Å²) in [6.07, 6.45) is 6.57. The smallest absolute Gasteiger partial charge is 0.150 e. The van der Waals surface area contributed by atoms with Crippen molar-refractivity contribution >= 4 is 5.69 Å². The third-order valence-electron chi connectivity index (χ3n) is 4.42. The molecule has 0 saturated heterocycles. The van der Waals surface area contributed by atoms with Crippen LogP contribution in [0.2, 0.25) is 0 Å². The molecule has 1 heterocycles. The Kier molecular flexibility index (Phi) is 3.90. The topological polar surface area (TPSA) is 42.7 Å². The van der Waals surface area contributed by atoms with Crippen LogP contribution in [0.4, 0.5) is 10.1 Å². The summed E-state index contributed by atoms with van der Waals surface area (Å²) in [6, 6.07) is 5.61. The van der Waals surface area contributed by atoms with Crippen molar-refractivity contribution < 1.29 is 4.39 Å². The number of benzene rings is 1. The second kappa shape index (κ2) is 5.84. The standard InChI is InChI=1S/C16H21FN4/c1-11-3-4-12(2)15(7-11)20-13-5-6-16(14(17)8-13)21-10-18-9-19-21/h5-6,8-12,15,20H,3-4,7H2,1-2H3. The quantitative estimate of drug-likeness (QED) is 0.937. The molecule has 1 saturated carbocycles. The van der Waals surface area contributed by atoms with Crippen molar-refractivity contribution in [2.24, 2.45) is 11.8 Å². The third-order valence-corrected chi connectivity index (χ3v) is 4.42. The summed E-state index contributed by atoms with van der Waals surface area (Å²) in [5, 5.41) is 7.45. The van der Waals surface area contributed by atoms with Crippen LogP contribution in [0.1, 0.15) is 33.1 Å². The van der Waals surface area contributed by atoms with Gasteiger partial charge in [0.05, 0.1) is 0 Å². The van der Waals surface area contributed by atoms with E-state index >= 15 is 0 Å². The molecule has 1 fully saturated rings. The van der Waals surface area contributed by atoms with E-state index in [9.17, 15) is 4.39 Å². The van der Waals surface area contributed by atoms with Gasteiger partial charge in [-0.1, -0.05) is 20.3 Å². The molecule has 2 aromatic rings. The molecule has 21 heavy (non-hydrogen) atoms. The van der Waals surface area contributed by atoms with Crippen LogP contribution in [-0.2, 0) is 0 Å². The number of anilines is 1. The highest BCUT2D eigenvalue weighted by Gasteiger charge is 2.25. The molecule has 3 atom stereocenters. The van der Waals surface area contributed by atoms with Crippen LogP contribution in [-0.4, -0.2) is 20.8 Å². The Hall–Kier alpha value is -1.91. The third kappa shape index (κ3) is 3.06. The minimum Gasteiger partial charge on any atom is -0.382 e. The van der Waals surface area contributed by atoms with Crippen molar-refractivity contribution in [2.45, 2.75) is 39.2 Å². The van der Waals surface area contributed by atoms with Crippen LogP contribution in [0.15, 0.2) is 30.9 Å². The molecule has 1 aliphatic rings. The number of hydrogen-bond donors (Lipinski definition) is 1. The first kappa shape index (κ1) is 14.0. The van der Waals surface area contributed by atoms with Gasteiger partial charge in [-0.05, 0) is 42.9 Å². The Labute approximate surface area is 124 Å². The van der Waals surface area contributed by atoms with Crippen LogP contribution in [0.25, 0.3) is 5.69 Å². The maximum absolute atomic E-state index is 14.2. The molecule has 1 aromatic heterocycles. The molecular weight excluding hydrogens is 267 g/mol. The molecule has 0 amide bonds. The number of hydrogen-bond acceptors (Lipinski definition) is 3. The predicted molar refractivity (Wildman–Crippen MR) is 80.9 cm³/mol. The van der Waals surface area contributed by atoms with E-state index < -0.39 is 0 Å². The van der Waals surface area contributed by atoms with E-state index in [0.717, 1.165) is 18.0 Å². The fourth-order valence-electron chi connectivity index (χ4n) is 3.06. The largest absolute Gasteiger partial charge is 0.382 e. The molecule has 1 aliphatic carbocycles. The zero-order valence-corrected chi connectivity index (χ0v) is 12.5. The predicted octanol–water partition coefficient (Wildman–Crippen LogP) is 3.64. The molecule has 1 N–H and O–H groups in total. The highest BCUT2D eigenvalue weighted by molar-refractivity contribution is 5.50. The molecule has 3 rings (SSSR count). The lowest BCUT2D eigenvalue weighted by molar-refractivity contribution is 0.280. The fourth-order valence-corrected chi connectivity index (χ4v) is 3.06. The lowest BCUT2D eigenvalue weighted by atomic mass is 9.80. The van der Waals surface area contributed by atoms with Crippen LogP contribution < -0.4 is 5.32 Å². The summed E-state index contributed by atoms with van der Waals surface area (Å²) in [5.74, 6) is 1.07. The highest BCUT2D eigenvalue weighted by Crippen LogP contribution is 2.31. The van der Waals surface area contributed by atoms with Gasteiger partial charge in [0.1, 0.15) is 18.3 Å². The summed E-state index contributed by atoms with van der Waals surface area (Å²) in [6.45, 7) is 4.55. The molecule has 0 aliphatic heterocycles. The second-order valence-corrected chi connectivity index (χ2v) is 6.15. The van der Waals surface area contributed by atoms with Crippen LogP contribution in [0, 0.1) is 17.7 Å². The first-order valence-electron chi connectivity index (χ1n) is 7.54. The normalized spacial score (nSPS) is 25.8. The first-order chi connectivity index (χ1) is 10.1. The average Bonchev–Trinajstić information content (AvgIpc) is 2.97. The summed E-state index contributed by atoms with van der Waals surface area (Å²) < 4.78 is 15.6. The summed E-state index contributed by atoms with van der Waals surface area (Å²) in [4.78, 5) is 3.84. The molecule has 0 bridgehead atoms. The lowest BCUT2D eigenvalue weighted by Gasteiger charge is -2.34. The van der Waals surface area contributed by atoms with E-state index in [2.05, 4.69) is 29.2 Å². The van der Waals surface area contributed by atoms with E-state index in [4.69, 9.17) is 0 Å². The van der Waals surface area contributed by atoms with Gasteiger partial charge in [-0.25, -0.2) is 14.1 Å². The molecule has 0 radical (unpaired) electrons. The number of rotatable bonds is 3. The van der Waals surface area contributed by atoms with Crippen molar-refractivity contribution in [3.8, 4) is 5.69 Å². The summed E-state index contributed by atoms with van der Waals surface area (Å²) in [7, 11) is 0. The summed E-state index contributed by atoms with van der Waals surface area (Å²) in [5.41, 5.74) is 1.26. The Morgan fingerprint density at radius 3 is 2.86 bits per heavy atom. The van der Waals surface area contributed by atoms with Gasteiger partial charge >= 0.3 is 0 Å². The number of nitrogens with one attached hydrogen (secondary N) is 1. The van der Waals surface area contributed by atoms with Gasteiger partial charge in [-0.15, -0.1) is 0 Å². The Morgan fingerprint density at radius 2 is 2.14 bits per heavy atom. The maximum Gasteiger partial charge on any atom is 0.150 e. The van der Waals surface area contributed by atoms with Gasteiger partial charge in [0.2, 0.25) is 0 Å². The van der Waals surface area contributed by atoms with E-state index in [0.29, 0.717) is 17.6 Å². The van der Waals surface area contributed by atoms with Crippen LogP contribution in [0.5, 0.6) is 0 Å². The highest BCUT2D eigenvalue weighted by atomic mass is 19.1. The summed E-state index contributed by atoms with van der Waals surface area (Å²) >= 11 is 0. The minimum atomic E-state index is -0.290. The van der Waals surface area contributed by atoms with Gasteiger partial charge in [0.15, 0.2) is 5.82 Å². The molecule has 4 nitrogen and oxygen atoms in total. The number of halogens is 1. The van der Waals surface area contributed by atoms with E-state index in [1.54, 1.807) is 12.1 Å². The lowest BCUT2D eigenvalue weighted by Crippen LogP contribution is -2.33. The van der Waals surface area contributed by atoms with Gasteiger partial charge < -0.3 is 5.32 Å². The Morgan fingerprint density at radius 1 is 1.29 bits per heavy atom. The first-order valence-corrected chi connectivity index (χ1v) is 7.54. The van der Waals surface area contributed by atoms with Gasteiger partial charge in [0, 0.05) is 11.7 Å². The zero-order chi connectivity index (χ0) is 14.8. The second-order valence-electron chi connectivity index (χ2n) is 6.15. The van der Waals surface area contributed by atoms with Crippen molar-refractivity contribution in [1.82, 2.24) is 14.8 Å². The number of aromatic nitrogens is 3. The van der Waals surface area contributed by atoms with Crippen molar-refractivity contribution in [1.29, 1.82) is 0 Å². The van der Waals surface area contributed by atoms with Gasteiger partial charge in [-0.2, -0.15) is 5.10 Å². The van der Waals surface area contributed by atoms with Crippen molar-refractivity contribution in [2.75, 3.05) is 5.32 Å². The van der Waals surface area contributed by atoms with E-state index in [1.807, 2.05) is 6.07 Å². The Bertz CT molecular complexity index is 596. The van der Waals surface area contributed by atoms with Crippen molar-refractivity contribution in [3.63, 3.8) is 0 Å². The molecule has 0 spiro atoms. The van der Waals surface area contributed by atoms with E-state index in [-0.39, 0.29) is 5.82 Å². The monoisotopic (exact) mass is 288 g/mol. The molecule has 3 unspecified atom stereocenters. The Balaban J connectivity index is 1.76.